The Balaban J connectivity index is 1.63. The summed E-state index contributed by atoms with van der Waals surface area (Å²) in [6, 6.07) is 6.18. The molecule has 4 rings (SSSR count). The van der Waals surface area contributed by atoms with Crippen molar-refractivity contribution in [2.45, 2.75) is 50.8 Å². The maximum absolute atomic E-state index is 13.1. The SMILES string of the molecule is COc1ccc2c(c1)[C@@H](NS(=O)C(C)(C)C)C1(CCN(c3ncc(Br)nc3C=O)CC1)C2. The van der Waals surface area contributed by atoms with Crippen LogP contribution >= 0.6 is 15.9 Å². The summed E-state index contributed by atoms with van der Waals surface area (Å²) in [5, 5.41) is 0. The summed E-state index contributed by atoms with van der Waals surface area (Å²) < 4.78 is 22.3. The first kappa shape index (κ1) is 23.3. The van der Waals surface area contributed by atoms with Crippen LogP contribution in [0.5, 0.6) is 5.75 Å². The third-order valence-corrected chi connectivity index (χ3v) is 8.46. The van der Waals surface area contributed by atoms with Gasteiger partial charge >= 0.3 is 0 Å². The van der Waals surface area contributed by atoms with Gasteiger partial charge in [-0.3, -0.25) is 4.79 Å². The Morgan fingerprint density at radius 1 is 1.31 bits per heavy atom. The van der Waals surface area contributed by atoms with Crippen molar-refractivity contribution in [3.8, 4) is 5.75 Å². The summed E-state index contributed by atoms with van der Waals surface area (Å²) in [5.74, 6) is 1.44. The van der Waals surface area contributed by atoms with Gasteiger partial charge in [0.15, 0.2) is 12.1 Å². The Kier molecular flexibility index (Phi) is 6.44. The standard InChI is InChI=1S/C23H29BrN4O3S/c1-22(2,3)32(30)27-20-17-11-16(31-4)6-5-15(17)12-23(20)7-9-28(10-8-23)21-18(14-29)26-19(24)13-25-21/h5-6,11,13-14,20,27H,7-10,12H2,1-4H3/t20-,32?/m1/s1. The van der Waals surface area contributed by atoms with E-state index >= 15 is 0 Å². The van der Waals surface area contributed by atoms with Crippen LogP contribution in [0, 0.1) is 5.41 Å². The minimum atomic E-state index is -1.20. The Hall–Kier alpha value is -1.84. The molecule has 1 aliphatic carbocycles. The second kappa shape index (κ2) is 8.83. The van der Waals surface area contributed by atoms with Gasteiger partial charge in [0.1, 0.15) is 16.0 Å². The first-order valence-corrected chi connectivity index (χ1v) is 12.7. The van der Waals surface area contributed by atoms with E-state index < -0.39 is 11.0 Å². The number of carbonyl (C=O) groups is 1. The lowest BCUT2D eigenvalue weighted by Gasteiger charge is -2.44. The number of hydrogen-bond donors (Lipinski definition) is 1. The lowest BCUT2D eigenvalue weighted by Crippen LogP contribution is -2.48. The van der Waals surface area contributed by atoms with E-state index in [1.807, 2.05) is 26.8 Å². The molecule has 9 heteroatoms. The van der Waals surface area contributed by atoms with Crippen LogP contribution in [-0.4, -0.2) is 45.4 Å². The summed E-state index contributed by atoms with van der Waals surface area (Å²) in [6.45, 7) is 7.46. The topological polar surface area (TPSA) is 84.4 Å². The minimum Gasteiger partial charge on any atom is -0.497 e. The molecule has 0 radical (unpaired) electrons. The van der Waals surface area contributed by atoms with Crippen molar-refractivity contribution in [3.05, 3.63) is 45.8 Å². The number of aromatic nitrogens is 2. The van der Waals surface area contributed by atoms with Crippen molar-refractivity contribution in [3.63, 3.8) is 0 Å². The summed E-state index contributed by atoms with van der Waals surface area (Å²) >= 11 is 3.29. The van der Waals surface area contributed by atoms with Gasteiger partial charge < -0.3 is 9.64 Å². The molecule has 7 nitrogen and oxygen atoms in total. The zero-order valence-corrected chi connectivity index (χ0v) is 21.3. The number of aldehydes is 1. The number of piperidine rings is 1. The van der Waals surface area contributed by atoms with E-state index in [1.165, 1.54) is 11.1 Å². The number of nitrogens with one attached hydrogen (secondary N) is 1. The molecule has 1 saturated heterocycles. The predicted molar refractivity (Wildman–Crippen MR) is 129 cm³/mol. The summed E-state index contributed by atoms with van der Waals surface area (Å²) in [5.41, 5.74) is 2.74. The fourth-order valence-electron chi connectivity index (χ4n) is 4.74. The van der Waals surface area contributed by atoms with Gasteiger partial charge in [-0.2, -0.15) is 0 Å². The number of benzene rings is 1. The van der Waals surface area contributed by atoms with E-state index in [0.29, 0.717) is 16.1 Å². The van der Waals surface area contributed by atoms with Crippen molar-refractivity contribution in [2.24, 2.45) is 5.41 Å². The molecule has 0 amide bonds. The number of fused-ring (bicyclic) bond motifs is 1. The number of nitrogens with zero attached hydrogens (tertiary/aromatic N) is 3. The lowest BCUT2D eigenvalue weighted by atomic mass is 9.73. The number of anilines is 1. The molecule has 0 saturated carbocycles. The Morgan fingerprint density at radius 2 is 2.03 bits per heavy atom. The molecular weight excluding hydrogens is 492 g/mol. The molecule has 2 aliphatic rings. The van der Waals surface area contributed by atoms with Crippen LogP contribution in [-0.2, 0) is 17.4 Å². The van der Waals surface area contributed by atoms with E-state index in [1.54, 1.807) is 13.3 Å². The van der Waals surface area contributed by atoms with Crippen LogP contribution in [0.25, 0.3) is 0 Å². The van der Waals surface area contributed by atoms with Gasteiger partial charge in [0.05, 0.1) is 35.1 Å². The Morgan fingerprint density at radius 3 is 2.66 bits per heavy atom. The molecular formula is C23H29BrN4O3S. The second-order valence-corrected chi connectivity index (χ2v) is 12.4. The average molecular weight is 521 g/mol. The molecule has 172 valence electrons. The Labute approximate surface area is 200 Å². The van der Waals surface area contributed by atoms with E-state index in [0.717, 1.165) is 44.4 Å². The van der Waals surface area contributed by atoms with E-state index in [4.69, 9.17) is 4.74 Å². The summed E-state index contributed by atoms with van der Waals surface area (Å²) in [4.78, 5) is 22.4. The van der Waals surface area contributed by atoms with Gasteiger partial charge in [0.2, 0.25) is 0 Å². The highest BCUT2D eigenvalue weighted by atomic mass is 79.9. The quantitative estimate of drug-likeness (QED) is 0.599. The van der Waals surface area contributed by atoms with Gasteiger partial charge in [-0.1, -0.05) is 6.07 Å². The van der Waals surface area contributed by atoms with Crippen molar-refractivity contribution < 1.29 is 13.7 Å². The largest absolute Gasteiger partial charge is 0.497 e. The van der Waals surface area contributed by atoms with Crippen LogP contribution < -0.4 is 14.4 Å². The minimum absolute atomic E-state index is 0.0312. The first-order chi connectivity index (χ1) is 15.2. The van der Waals surface area contributed by atoms with E-state index in [2.05, 4.69) is 47.7 Å². The maximum Gasteiger partial charge on any atom is 0.172 e. The molecule has 1 N–H and O–H groups in total. The second-order valence-electron chi connectivity index (χ2n) is 9.54. The lowest BCUT2D eigenvalue weighted by molar-refractivity contribution is 0.111. The maximum atomic E-state index is 13.1. The van der Waals surface area contributed by atoms with Crippen LogP contribution in [0.4, 0.5) is 5.82 Å². The van der Waals surface area contributed by atoms with Crippen LogP contribution in [0.1, 0.15) is 61.3 Å². The molecule has 1 spiro atoms. The Bertz CT molecular complexity index is 1050. The first-order valence-electron chi connectivity index (χ1n) is 10.7. The number of halogens is 1. The van der Waals surface area contributed by atoms with Crippen LogP contribution in [0.2, 0.25) is 0 Å². The smallest absolute Gasteiger partial charge is 0.172 e. The fraction of sp³-hybridized carbons (Fsp3) is 0.522. The van der Waals surface area contributed by atoms with Gasteiger partial charge in [-0.15, -0.1) is 0 Å². The van der Waals surface area contributed by atoms with Crippen molar-refractivity contribution >= 4 is 39.0 Å². The van der Waals surface area contributed by atoms with Crippen molar-refractivity contribution in [1.29, 1.82) is 0 Å². The zero-order chi connectivity index (χ0) is 23.1. The average Bonchev–Trinajstić information content (AvgIpc) is 3.05. The highest BCUT2D eigenvalue weighted by Gasteiger charge is 2.49. The number of hydrogen-bond acceptors (Lipinski definition) is 6. The third kappa shape index (κ3) is 4.34. The van der Waals surface area contributed by atoms with Gasteiger partial charge in [-0.05, 0) is 84.6 Å². The van der Waals surface area contributed by atoms with Crippen molar-refractivity contribution in [2.75, 3.05) is 25.1 Å². The molecule has 0 bridgehead atoms. The van der Waals surface area contributed by atoms with Crippen molar-refractivity contribution in [1.82, 2.24) is 14.7 Å². The number of rotatable bonds is 5. The highest BCUT2D eigenvalue weighted by Crippen LogP contribution is 2.53. The molecule has 1 unspecified atom stereocenters. The molecule has 2 heterocycles. The van der Waals surface area contributed by atoms with Crippen LogP contribution in [0.3, 0.4) is 0 Å². The predicted octanol–water partition coefficient (Wildman–Crippen LogP) is 4.00. The fourth-order valence-corrected chi connectivity index (χ4v) is 5.98. The zero-order valence-electron chi connectivity index (χ0n) is 18.9. The molecule has 32 heavy (non-hydrogen) atoms. The molecule has 1 aromatic heterocycles. The van der Waals surface area contributed by atoms with Gasteiger partial charge in [0.25, 0.3) is 0 Å². The van der Waals surface area contributed by atoms with E-state index in [-0.39, 0.29) is 16.2 Å². The number of carbonyl (C=O) groups excluding carboxylic acids is 1. The van der Waals surface area contributed by atoms with Crippen LogP contribution in [0.15, 0.2) is 29.0 Å². The number of ether oxygens (including phenoxy) is 1. The van der Waals surface area contributed by atoms with E-state index in [9.17, 15) is 9.00 Å². The molecule has 1 aliphatic heterocycles. The summed E-state index contributed by atoms with van der Waals surface area (Å²) in [6.07, 6.45) is 5.08. The van der Waals surface area contributed by atoms with Gasteiger partial charge in [-0.25, -0.2) is 18.9 Å². The van der Waals surface area contributed by atoms with Gasteiger partial charge in [0, 0.05) is 13.1 Å². The summed E-state index contributed by atoms with van der Waals surface area (Å²) in [7, 11) is 0.470. The molecule has 1 aromatic carbocycles. The third-order valence-electron chi connectivity index (χ3n) is 6.52. The number of methoxy groups -OCH3 is 1. The molecule has 1 fully saturated rings. The highest BCUT2D eigenvalue weighted by molar-refractivity contribution is 9.10. The normalized spacial score (nSPS) is 20.8. The molecule has 2 atom stereocenters. The monoisotopic (exact) mass is 520 g/mol. The molecule has 2 aromatic rings.